The van der Waals surface area contributed by atoms with Gasteiger partial charge in [0.25, 0.3) is 0 Å². The lowest BCUT2D eigenvalue weighted by Crippen LogP contribution is -1.88. The van der Waals surface area contributed by atoms with E-state index < -0.39 is 5.56 Å². The molecule has 0 aliphatic rings. The second-order valence-corrected chi connectivity index (χ2v) is 2.37. The van der Waals surface area contributed by atoms with E-state index in [1.165, 1.54) is 0 Å². The van der Waals surface area contributed by atoms with Crippen LogP contribution in [-0.2, 0) is 0 Å². The molecule has 1 atom stereocenters. The van der Waals surface area contributed by atoms with Crippen molar-refractivity contribution in [3.8, 4) is 0 Å². The van der Waals surface area contributed by atoms with Gasteiger partial charge in [-0.1, -0.05) is 24.6 Å². The highest BCUT2D eigenvalue weighted by Gasteiger charge is 1.85. The summed E-state index contributed by atoms with van der Waals surface area (Å²) >= 11 is 5.02. The number of aliphatic hydroxyl groups is 1. The highest BCUT2D eigenvalue weighted by atomic mass is 35.5. The minimum absolute atomic E-state index is 0.627. The molecule has 0 aliphatic heterocycles. The molecule has 1 rings (SSSR count). The molecule has 2 nitrogen and oxygen atoms in total. The molecule has 0 saturated carbocycles. The van der Waals surface area contributed by atoms with Crippen LogP contribution in [0.25, 0.3) is 0 Å². The molecule has 1 unspecified atom stereocenters. The second kappa shape index (κ2) is 7.51. The summed E-state index contributed by atoms with van der Waals surface area (Å²) in [5.41, 5.74) is -0.644. The molecule has 1 aromatic rings. The van der Waals surface area contributed by atoms with Gasteiger partial charge in [0.05, 0.1) is 0 Å². The molecule has 0 aliphatic carbocycles. The molecule has 0 radical (unpaired) electrons. The van der Waals surface area contributed by atoms with Gasteiger partial charge in [0.2, 0.25) is 0 Å². The van der Waals surface area contributed by atoms with Gasteiger partial charge in [-0.25, -0.2) is 0 Å². The first kappa shape index (κ1) is 10.4. The SMILES string of the molecule is CCC(O)Cl.c1ccncc1. The third-order valence-electron chi connectivity index (χ3n) is 0.903. The second-order valence-electron chi connectivity index (χ2n) is 1.87. The van der Waals surface area contributed by atoms with Gasteiger partial charge in [-0.3, -0.25) is 4.98 Å². The Labute approximate surface area is 71.8 Å². The van der Waals surface area contributed by atoms with E-state index in [1.54, 1.807) is 12.4 Å². The van der Waals surface area contributed by atoms with Crippen molar-refractivity contribution in [2.24, 2.45) is 0 Å². The lowest BCUT2D eigenvalue weighted by atomic mass is 10.5. The first-order valence-electron chi connectivity index (χ1n) is 3.44. The quantitative estimate of drug-likeness (QED) is 0.660. The highest BCUT2D eigenvalue weighted by Crippen LogP contribution is 1.91. The predicted molar refractivity (Wildman–Crippen MR) is 46.4 cm³/mol. The molecule has 11 heavy (non-hydrogen) atoms. The lowest BCUT2D eigenvalue weighted by molar-refractivity contribution is 0.252. The van der Waals surface area contributed by atoms with Crippen molar-refractivity contribution in [1.82, 2.24) is 4.98 Å². The Balaban J connectivity index is 0.000000187. The van der Waals surface area contributed by atoms with Crippen molar-refractivity contribution in [3.63, 3.8) is 0 Å². The molecule has 0 spiro atoms. The minimum Gasteiger partial charge on any atom is -0.378 e. The fraction of sp³-hybridized carbons (Fsp3) is 0.375. The maximum absolute atomic E-state index is 8.13. The Morgan fingerprint density at radius 1 is 1.36 bits per heavy atom. The number of rotatable bonds is 1. The number of hydrogen-bond donors (Lipinski definition) is 1. The van der Waals surface area contributed by atoms with Crippen molar-refractivity contribution in [1.29, 1.82) is 0 Å². The fourth-order valence-electron chi connectivity index (χ4n) is 0.313. The molecule has 0 aromatic carbocycles. The molecular formula is C8H12ClNO. The van der Waals surface area contributed by atoms with E-state index in [0.29, 0.717) is 6.42 Å². The molecule has 62 valence electrons. The van der Waals surface area contributed by atoms with Gasteiger partial charge in [-0.15, -0.1) is 0 Å². The van der Waals surface area contributed by atoms with Gasteiger partial charge < -0.3 is 5.11 Å². The summed E-state index contributed by atoms with van der Waals surface area (Å²) in [5, 5.41) is 8.13. The number of alkyl halides is 1. The smallest absolute Gasteiger partial charge is 0.127 e. The van der Waals surface area contributed by atoms with Crippen LogP contribution < -0.4 is 0 Å². The topological polar surface area (TPSA) is 33.1 Å². The van der Waals surface area contributed by atoms with Crippen LogP contribution in [0.15, 0.2) is 30.6 Å². The highest BCUT2D eigenvalue weighted by molar-refractivity contribution is 6.19. The zero-order valence-corrected chi connectivity index (χ0v) is 7.20. The zero-order chi connectivity index (χ0) is 8.53. The summed E-state index contributed by atoms with van der Waals surface area (Å²) in [4.78, 5) is 3.78. The Bertz CT molecular complexity index is 129. The minimum atomic E-state index is -0.644. The standard InChI is InChI=1S/C5H5N.C3H7ClO/c1-2-4-6-5-3-1;1-2-3(4)5/h1-5H;3,5H,2H2,1H3. The Kier molecular flexibility index (Phi) is 7.10. The molecule has 0 saturated heterocycles. The van der Waals surface area contributed by atoms with E-state index in [0.717, 1.165) is 0 Å². The summed E-state index contributed by atoms with van der Waals surface area (Å²) in [7, 11) is 0. The van der Waals surface area contributed by atoms with Gasteiger partial charge in [0.1, 0.15) is 5.56 Å². The first-order chi connectivity index (χ1) is 5.27. The number of pyridine rings is 1. The summed E-state index contributed by atoms with van der Waals surface area (Å²) < 4.78 is 0. The third-order valence-corrected chi connectivity index (χ3v) is 1.21. The maximum Gasteiger partial charge on any atom is 0.127 e. The monoisotopic (exact) mass is 173 g/mol. The van der Waals surface area contributed by atoms with Crippen LogP contribution in [0.3, 0.4) is 0 Å². The van der Waals surface area contributed by atoms with Gasteiger partial charge in [0.15, 0.2) is 0 Å². The molecule has 0 bridgehead atoms. The van der Waals surface area contributed by atoms with Crippen LogP contribution in [0.1, 0.15) is 13.3 Å². The van der Waals surface area contributed by atoms with E-state index in [-0.39, 0.29) is 0 Å². The van der Waals surface area contributed by atoms with Crippen LogP contribution in [0.5, 0.6) is 0 Å². The molecule has 1 heterocycles. The molecular weight excluding hydrogens is 162 g/mol. The summed E-state index contributed by atoms with van der Waals surface area (Å²) in [6.45, 7) is 1.82. The Morgan fingerprint density at radius 3 is 1.91 bits per heavy atom. The molecule has 0 amide bonds. The normalized spacial score (nSPS) is 11.2. The number of nitrogens with zero attached hydrogens (tertiary/aromatic N) is 1. The van der Waals surface area contributed by atoms with Crippen molar-refractivity contribution in [2.45, 2.75) is 18.9 Å². The Morgan fingerprint density at radius 2 is 1.82 bits per heavy atom. The Hall–Kier alpha value is -0.600. The van der Waals surface area contributed by atoms with Gasteiger partial charge >= 0.3 is 0 Å². The fourth-order valence-corrected chi connectivity index (χ4v) is 0.313. The van der Waals surface area contributed by atoms with E-state index >= 15 is 0 Å². The third kappa shape index (κ3) is 9.40. The molecule has 1 aromatic heterocycles. The maximum atomic E-state index is 8.13. The van der Waals surface area contributed by atoms with Crippen LogP contribution in [0.2, 0.25) is 0 Å². The number of aliphatic hydroxyl groups excluding tert-OH is 1. The van der Waals surface area contributed by atoms with Crippen LogP contribution in [-0.4, -0.2) is 15.7 Å². The van der Waals surface area contributed by atoms with Crippen molar-refractivity contribution >= 4 is 11.6 Å². The van der Waals surface area contributed by atoms with Crippen LogP contribution in [0, 0.1) is 0 Å². The largest absolute Gasteiger partial charge is 0.378 e. The average molecular weight is 174 g/mol. The average Bonchev–Trinajstić information content (AvgIpc) is 2.09. The molecule has 3 heteroatoms. The zero-order valence-electron chi connectivity index (χ0n) is 6.44. The summed E-state index contributed by atoms with van der Waals surface area (Å²) in [5.74, 6) is 0. The van der Waals surface area contributed by atoms with Crippen LogP contribution >= 0.6 is 11.6 Å². The van der Waals surface area contributed by atoms with Crippen molar-refractivity contribution in [2.75, 3.05) is 0 Å². The summed E-state index contributed by atoms with van der Waals surface area (Å²) in [6, 6.07) is 5.72. The van der Waals surface area contributed by atoms with E-state index in [4.69, 9.17) is 16.7 Å². The molecule has 0 fully saturated rings. The number of hydrogen-bond acceptors (Lipinski definition) is 2. The van der Waals surface area contributed by atoms with Gasteiger partial charge in [0, 0.05) is 12.4 Å². The summed E-state index contributed by atoms with van der Waals surface area (Å²) in [6.07, 6.45) is 4.13. The number of halogens is 1. The molecule has 1 N–H and O–H groups in total. The van der Waals surface area contributed by atoms with Gasteiger partial charge in [-0.2, -0.15) is 0 Å². The van der Waals surface area contributed by atoms with Crippen LogP contribution in [0.4, 0.5) is 0 Å². The predicted octanol–water partition coefficient (Wildman–Crippen LogP) is 2.04. The number of aromatic nitrogens is 1. The van der Waals surface area contributed by atoms with Crippen molar-refractivity contribution < 1.29 is 5.11 Å². The first-order valence-corrected chi connectivity index (χ1v) is 3.88. The van der Waals surface area contributed by atoms with E-state index in [2.05, 4.69) is 4.98 Å². The lowest BCUT2D eigenvalue weighted by Gasteiger charge is -1.87. The van der Waals surface area contributed by atoms with E-state index in [1.807, 2.05) is 25.1 Å². The van der Waals surface area contributed by atoms with E-state index in [9.17, 15) is 0 Å². The van der Waals surface area contributed by atoms with Crippen molar-refractivity contribution in [3.05, 3.63) is 30.6 Å². The van der Waals surface area contributed by atoms with Gasteiger partial charge in [-0.05, 0) is 18.6 Å².